The number of fused-ring (bicyclic) bond motifs is 1. The molecular weight excluding hydrogens is 402 g/mol. The van der Waals surface area contributed by atoms with Gasteiger partial charge in [-0.05, 0) is 51.3 Å². The number of hydrogen-bond acceptors (Lipinski definition) is 5. The van der Waals surface area contributed by atoms with Gasteiger partial charge in [-0.15, -0.1) is 0 Å². The van der Waals surface area contributed by atoms with E-state index in [1.54, 1.807) is 0 Å². The fourth-order valence-electron chi connectivity index (χ4n) is 3.67. The van der Waals surface area contributed by atoms with Crippen LogP contribution in [0.25, 0.3) is 11.1 Å². The fourth-order valence-corrected chi connectivity index (χ4v) is 3.67. The predicted octanol–water partition coefficient (Wildman–Crippen LogP) is 7.23. The third kappa shape index (κ3) is 10.9. The van der Waals surface area contributed by atoms with Gasteiger partial charge in [-0.2, -0.15) is 4.98 Å². The average molecular weight is 446 g/mol. The molecule has 0 bridgehead atoms. The molecule has 2 rings (SSSR count). The third-order valence-electron chi connectivity index (χ3n) is 5.34. The summed E-state index contributed by atoms with van der Waals surface area (Å²) in [5.74, 6) is 0. The van der Waals surface area contributed by atoms with E-state index in [4.69, 9.17) is 9.15 Å². The molecule has 180 valence electrons. The number of alkyl carbamates (subject to hydrolysis) is 1. The van der Waals surface area contributed by atoms with Crippen LogP contribution in [0.1, 0.15) is 97.5 Å². The molecule has 2 N–H and O–H groups in total. The maximum atomic E-state index is 11.7. The Labute approximate surface area is 193 Å². The Hall–Kier alpha value is -2.24. The fraction of sp³-hybridized carbons (Fsp3) is 0.692. The molecule has 1 amide bonds. The van der Waals surface area contributed by atoms with Crippen LogP contribution in [0.4, 0.5) is 10.8 Å². The van der Waals surface area contributed by atoms with Gasteiger partial charge in [-0.25, -0.2) is 4.79 Å². The van der Waals surface area contributed by atoms with Crippen molar-refractivity contribution in [1.82, 2.24) is 10.3 Å². The second-order valence-corrected chi connectivity index (χ2v) is 9.61. The summed E-state index contributed by atoms with van der Waals surface area (Å²) >= 11 is 0. The smallest absolute Gasteiger partial charge is 0.407 e. The van der Waals surface area contributed by atoms with Gasteiger partial charge in [0.1, 0.15) is 11.1 Å². The number of aromatic nitrogens is 1. The van der Waals surface area contributed by atoms with Crippen molar-refractivity contribution in [3.8, 4) is 0 Å². The zero-order valence-corrected chi connectivity index (χ0v) is 20.6. The lowest BCUT2D eigenvalue weighted by atomic mass is 10.0. The number of anilines is 1. The summed E-state index contributed by atoms with van der Waals surface area (Å²) in [5.41, 5.74) is 2.46. The molecular formula is C26H43N3O3. The lowest BCUT2D eigenvalue weighted by Gasteiger charge is -2.19. The van der Waals surface area contributed by atoms with Crippen LogP contribution >= 0.6 is 0 Å². The van der Waals surface area contributed by atoms with E-state index in [1.807, 2.05) is 26.8 Å². The van der Waals surface area contributed by atoms with Gasteiger partial charge in [0.25, 0.3) is 6.01 Å². The maximum absolute atomic E-state index is 11.7. The van der Waals surface area contributed by atoms with Crippen LogP contribution in [0.2, 0.25) is 0 Å². The summed E-state index contributed by atoms with van der Waals surface area (Å²) in [6, 6.07) is 6.73. The molecule has 0 saturated heterocycles. The number of ether oxygens (including phenoxy) is 1. The predicted molar refractivity (Wildman–Crippen MR) is 132 cm³/mol. The second-order valence-electron chi connectivity index (χ2n) is 9.61. The van der Waals surface area contributed by atoms with Crippen molar-refractivity contribution >= 4 is 23.2 Å². The maximum Gasteiger partial charge on any atom is 0.407 e. The topological polar surface area (TPSA) is 76.4 Å². The summed E-state index contributed by atoms with van der Waals surface area (Å²) in [6.45, 7) is 8.73. The molecule has 6 heteroatoms. The zero-order valence-electron chi connectivity index (χ0n) is 20.6. The number of unbranched alkanes of at least 4 members (excludes halogenated alkanes) is 9. The Morgan fingerprint density at radius 2 is 1.62 bits per heavy atom. The SMILES string of the molecule is CCCCCCCCCCCCc1ccc2oc(NCCNC(=O)OC(C)(C)C)nc2c1. The summed E-state index contributed by atoms with van der Waals surface area (Å²) in [4.78, 5) is 16.2. The number of carbonyl (C=O) groups is 1. The summed E-state index contributed by atoms with van der Waals surface area (Å²) in [5, 5.41) is 5.82. The van der Waals surface area contributed by atoms with E-state index in [0.717, 1.165) is 17.5 Å². The first-order chi connectivity index (χ1) is 15.4. The average Bonchev–Trinajstić information content (AvgIpc) is 3.13. The van der Waals surface area contributed by atoms with Crippen molar-refractivity contribution < 1.29 is 13.9 Å². The van der Waals surface area contributed by atoms with Crippen molar-refractivity contribution in [2.45, 2.75) is 104 Å². The van der Waals surface area contributed by atoms with Gasteiger partial charge in [0, 0.05) is 13.1 Å². The Morgan fingerprint density at radius 1 is 0.969 bits per heavy atom. The highest BCUT2D eigenvalue weighted by Crippen LogP contribution is 2.21. The van der Waals surface area contributed by atoms with E-state index in [2.05, 4.69) is 34.7 Å². The highest BCUT2D eigenvalue weighted by atomic mass is 16.6. The minimum absolute atomic E-state index is 0.423. The van der Waals surface area contributed by atoms with Gasteiger partial charge in [-0.1, -0.05) is 70.8 Å². The number of hydrogen-bond donors (Lipinski definition) is 2. The van der Waals surface area contributed by atoms with Gasteiger partial charge in [0.15, 0.2) is 5.58 Å². The molecule has 0 aliphatic heterocycles. The minimum Gasteiger partial charge on any atom is -0.444 e. The Morgan fingerprint density at radius 3 is 2.28 bits per heavy atom. The van der Waals surface area contributed by atoms with Crippen LogP contribution in [0, 0.1) is 0 Å². The van der Waals surface area contributed by atoms with Crippen molar-refractivity contribution in [2.75, 3.05) is 18.4 Å². The number of rotatable bonds is 15. The minimum atomic E-state index is -0.497. The van der Waals surface area contributed by atoms with Crippen LogP contribution in [-0.4, -0.2) is 29.8 Å². The molecule has 0 radical (unpaired) electrons. The molecule has 6 nitrogen and oxygen atoms in total. The van der Waals surface area contributed by atoms with Crippen molar-refractivity contribution in [3.63, 3.8) is 0 Å². The third-order valence-corrected chi connectivity index (χ3v) is 5.34. The summed E-state index contributed by atoms with van der Waals surface area (Å²) in [7, 11) is 0. The molecule has 0 unspecified atom stereocenters. The number of benzene rings is 1. The molecule has 1 aromatic heterocycles. The largest absolute Gasteiger partial charge is 0.444 e. The van der Waals surface area contributed by atoms with Crippen molar-refractivity contribution in [3.05, 3.63) is 23.8 Å². The van der Waals surface area contributed by atoms with Gasteiger partial charge in [0.05, 0.1) is 0 Å². The van der Waals surface area contributed by atoms with Gasteiger partial charge in [0.2, 0.25) is 0 Å². The van der Waals surface area contributed by atoms with Crippen LogP contribution in [0.3, 0.4) is 0 Å². The number of nitrogens with one attached hydrogen (secondary N) is 2. The van der Waals surface area contributed by atoms with E-state index >= 15 is 0 Å². The molecule has 2 aromatic rings. The molecule has 0 aliphatic carbocycles. The second kappa shape index (κ2) is 14.0. The van der Waals surface area contributed by atoms with Gasteiger partial charge >= 0.3 is 6.09 Å². The highest BCUT2D eigenvalue weighted by Gasteiger charge is 2.15. The van der Waals surface area contributed by atoms with Crippen LogP contribution in [0.15, 0.2) is 22.6 Å². The number of aryl methyl sites for hydroxylation is 1. The van der Waals surface area contributed by atoms with E-state index in [-0.39, 0.29) is 0 Å². The van der Waals surface area contributed by atoms with E-state index in [1.165, 1.54) is 69.8 Å². The standard InChI is InChI=1S/C26H43N3O3/c1-5-6-7-8-9-10-11-12-13-14-15-21-16-17-23-22(20-21)29-24(31-23)27-18-19-28-25(30)32-26(2,3)4/h16-17,20H,5-15,18-19H2,1-4H3,(H,27,29)(H,28,30). The van der Waals surface area contributed by atoms with Crippen LogP contribution in [-0.2, 0) is 11.2 Å². The van der Waals surface area contributed by atoms with E-state index < -0.39 is 11.7 Å². The Kier molecular flexibility index (Phi) is 11.4. The molecule has 0 aliphatic rings. The number of oxazole rings is 1. The van der Waals surface area contributed by atoms with E-state index in [0.29, 0.717) is 19.1 Å². The molecule has 1 heterocycles. The summed E-state index contributed by atoms with van der Waals surface area (Å²) < 4.78 is 11.0. The first-order valence-corrected chi connectivity index (χ1v) is 12.5. The normalized spacial score (nSPS) is 11.6. The highest BCUT2D eigenvalue weighted by molar-refractivity contribution is 5.75. The molecule has 1 aromatic carbocycles. The van der Waals surface area contributed by atoms with E-state index in [9.17, 15) is 4.79 Å². The van der Waals surface area contributed by atoms with Crippen molar-refractivity contribution in [1.29, 1.82) is 0 Å². The first-order valence-electron chi connectivity index (χ1n) is 12.5. The number of nitrogens with zero attached hydrogens (tertiary/aromatic N) is 1. The van der Waals surface area contributed by atoms with Crippen molar-refractivity contribution in [2.24, 2.45) is 0 Å². The zero-order chi connectivity index (χ0) is 23.2. The molecule has 0 fully saturated rings. The Balaban J connectivity index is 1.62. The number of carbonyl (C=O) groups excluding carboxylic acids is 1. The van der Waals surface area contributed by atoms with Crippen LogP contribution in [0.5, 0.6) is 0 Å². The molecule has 0 atom stereocenters. The van der Waals surface area contributed by atoms with Crippen LogP contribution < -0.4 is 10.6 Å². The Bertz CT molecular complexity index is 795. The monoisotopic (exact) mass is 445 g/mol. The molecule has 0 spiro atoms. The van der Waals surface area contributed by atoms with Gasteiger partial charge < -0.3 is 19.8 Å². The number of amides is 1. The molecule has 32 heavy (non-hydrogen) atoms. The molecule has 0 saturated carbocycles. The van der Waals surface area contributed by atoms with Gasteiger partial charge in [-0.3, -0.25) is 0 Å². The lowest BCUT2D eigenvalue weighted by Crippen LogP contribution is -2.35. The quantitative estimate of drug-likeness (QED) is 0.283. The lowest BCUT2D eigenvalue weighted by molar-refractivity contribution is 0.0530. The first kappa shape index (κ1) is 26.0. The summed E-state index contributed by atoms with van der Waals surface area (Å²) in [6.07, 6.45) is 14.2.